The molecule has 1 aromatic carbocycles. The Morgan fingerprint density at radius 3 is 2.40 bits per heavy atom. The minimum absolute atomic E-state index is 0.0951. The number of rotatable bonds is 7. The average molecular weight is 341 g/mol. The minimum Gasteiger partial charge on any atom is -0.362 e. The third kappa shape index (κ3) is 3.97. The van der Waals surface area contributed by atoms with E-state index in [1.807, 2.05) is 42.2 Å². The number of allylic oxidation sites excluding steroid dienone is 3. The van der Waals surface area contributed by atoms with Crippen molar-refractivity contribution in [3.63, 3.8) is 0 Å². The van der Waals surface area contributed by atoms with Gasteiger partial charge in [-0.3, -0.25) is 9.69 Å². The van der Waals surface area contributed by atoms with Crippen molar-refractivity contribution < 1.29 is 4.79 Å². The van der Waals surface area contributed by atoms with Crippen LogP contribution in [0.5, 0.6) is 0 Å². The van der Waals surface area contributed by atoms with Crippen LogP contribution in [0.1, 0.15) is 70.7 Å². The normalized spacial score (nSPS) is 17.1. The first-order valence-electron chi connectivity index (χ1n) is 9.55. The van der Waals surface area contributed by atoms with Gasteiger partial charge in [-0.05, 0) is 43.9 Å². The van der Waals surface area contributed by atoms with Crippen LogP contribution in [0.3, 0.4) is 0 Å². The lowest BCUT2D eigenvalue weighted by atomic mass is 9.90. The number of nitrogens with one attached hydrogen (secondary N) is 1. The van der Waals surface area contributed by atoms with E-state index < -0.39 is 0 Å². The molecule has 0 radical (unpaired) electrons. The van der Waals surface area contributed by atoms with Crippen molar-refractivity contribution >= 4 is 11.6 Å². The molecule has 0 atom stereocenters. The van der Waals surface area contributed by atoms with E-state index in [2.05, 4.69) is 45.2 Å². The number of para-hydroxylation sites is 1. The van der Waals surface area contributed by atoms with Crippen LogP contribution < -0.4 is 5.32 Å². The summed E-state index contributed by atoms with van der Waals surface area (Å²) >= 11 is 0. The molecule has 0 spiro atoms. The van der Waals surface area contributed by atoms with Crippen LogP contribution in [0.25, 0.3) is 0 Å². The highest BCUT2D eigenvalue weighted by Crippen LogP contribution is 2.39. The molecule has 25 heavy (non-hydrogen) atoms. The van der Waals surface area contributed by atoms with E-state index in [1.54, 1.807) is 0 Å². The fourth-order valence-corrected chi connectivity index (χ4v) is 3.66. The average Bonchev–Trinajstić information content (AvgIpc) is 2.58. The Labute approximate surface area is 152 Å². The molecule has 1 aliphatic heterocycles. The van der Waals surface area contributed by atoms with Crippen molar-refractivity contribution in [3.05, 3.63) is 53.8 Å². The fourth-order valence-electron chi connectivity index (χ4n) is 3.66. The van der Waals surface area contributed by atoms with Gasteiger partial charge in [-0.2, -0.15) is 0 Å². The molecule has 0 fully saturated rings. The van der Waals surface area contributed by atoms with Crippen molar-refractivity contribution in [1.82, 2.24) is 4.90 Å². The molecule has 136 valence electrons. The maximum absolute atomic E-state index is 13.4. The van der Waals surface area contributed by atoms with Crippen molar-refractivity contribution in [3.8, 4) is 0 Å². The fraction of sp³-hybridized carbons (Fsp3) is 0.500. The number of hydrogen-bond acceptors (Lipinski definition) is 2. The second kappa shape index (κ2) is 8.37. The van der Waals surface area contributed by atoms with Crippen LogP contribution in [0.15, 0.2) is 48.2 Å². The summed E-state index contributed by atoms with van der Waals surface area (Å²) in [6.45, 7) is 10.7. The molecule has 0 saturated heterocycles. The van der Waals surface area contributed by atoms with Crippen LogP contribution in [0.4, 0.5) is 5.69 Å². The molecule has 0 aliphatic carbocycles. The molecule has 3 nitrogen and oxygen atoms in total. The van der Waals surface area contributed by atoms with Crippen molar-refractivity contribution in [2.75, 3.05) is 5.32 Å². The number of fused-ring (bicyclic) bond motifs is 1. The maximum Gasteiger partial charge on any atom is 0.262 e. The summed E-state index contributed by atoms with van der Waals surface area (Å²) in [7, 11) is 0. The van der Waals surface area contributed by atoms with Crippen LogP contribution in [0.2, 0.25) is 0 Å². The molecule has 1 amide bonds. The number of benzene rings is 1. The zero-order chi connectivity index (χ0) is 18.4. The van der Waals surface area contributed by atoms with E-state index in [0.29, 0.717) is 5.92 Å². The molecule has 2 rings (SSSR count). The van der Waals surface area contributed by atoms with Gasteiger partial charge in [-0.25, -0.2) is 0 Å². The first kappa shape index (κ1) is 19.3. The zero-order valence-electron chi connectivity index (χ0n) is 16.3. The van der Waals surface area contributed by atoms with Gasteiger partial charge in [0.2, 0.25) is 0 Å². The van der Waals surface area contributed by atoms with E-state index in [1.165, 1.54) is 0 Å². The SMILES string of the molecule is C/C=C(\C=C/C(C)C)N1C(=O)c2ccccc2NC1(CCC)CCC. The second-order valence-electron chi connectivity index (χ2n) is 7.16. The van der Waals surface area contributed by atoms with Crippen LogP contribution in [-0.2, 0) is 0 Å². The Hall–Kier alpha value is -2.03. The maximum atomic E-state index is 13.4. The summed E-state index contributed by atoms with van der Waals surface area (Å²) in [6.07, 6.45) is 10.2. The van der Waals surface area contributed by atoms with Gasteiger partial charge in [0.05, 0.1) is 5.56 Å². The molecule has 1 heterocycles. The third-order valence-electron chi connectivity index (χ3n) is 4.69. The van der Waals surface area contributed by atoms with Gasteiger partial charge in [0.15, 0.2) is 0 Å². The summed E-state index contributed by atoms with van der Waals surface area (Å²) in [5.41, 5.74) is 2.32. The molecule has 1 N–H and O–H groups in total. The molecular weight excluding hydrogens is 308 g/mol. The van der Waals surface area contributed by atoms with Crippen LogP contribution in [0, 0.1) is 5.92 Å². The summed E-state index contributed by atoms with van der Waals surface area (Å²) in [5, 5.41) is 3.73. The van der Waals surface area contributed by atoms with Crippen molar-refractivity contribution in [1.29, 1.82) is 0 Å². The lowest BCUT2D eigenvalue weighted by Gasteiger charge is -2.49. The van der Waals surface area contributed by atoms with Gasteiger partial charge >= 0.3 is 0 Å². The molecule has 1 aromatic rings. The lowest BCUT2D eigenvalue weighted by Crippen LogP contribution is -2.59. The standard InChI is InChI=1S/C22H32N2O/c1-6-15-22(16-7-2)23-20-12-10-9-11-19(20)21(25)24(22)18(8-3)14-13-17(4)5/h8-14,17,23H,6-7,15-16H2,1-5H3/b14-13-,18-8+. The molecule has 0 bridgehead atoms. The number of anilines is 1. The number of carbonyl (C=O) groups is 1. The highest BCUT2D eigenvalue weighted by Gasteiger charge is 2.44. The van der Waals surface area contributed by atoms with E-state index in [4.69, 9.17) is 0 Å². The highest BCUT2D eigenvalue weighted by molar-refractivity contribution is 6.03. The Morgan fingerprint density at radius 1 is 1.20 bits per heavy atom. The summed E-state index contributed by atoms with van der Waals surface area (Å²) in [5.74, 6) is 0.541. The Balaban J connectivity index is 2.59. The zero-order valence-corrected chi connectivity index (χ0v) is 16.3. The number of hydrogen-bond donors (Lipinski definition) is 1. The lowest BCUT2D eigenvalue weighted by molar-refractivity contribution is 0.0583. The smallest absolute Gasteiger partial charge is 0.262 e. The number of amides is 1. The summed E-state index contributed by atoms with van der Waals surface area (Å²) in [4.78, 5) is 15.4. The van der Waals surface area contributed by atoms with Crippen LogP contribution >= 0.6 is 0 Å². The molecular formula is C22H32N2O. The Kier molecular flexibility index (Phi) is 6.46. The summed E-state index contributed by atoms with van der Waals surface area (Å²) < 4.78 is 0. The second-order valence-corrected chi connectivity index (χ2v) is 7.16. The summed E-state index contributed by atoms with van der Waals surface area (Å²) in [6, 6.07) is 7.86. The van der Waals surface area contributed by atoms with Gasteiger partial charge in [0.25, 0.3) is 5.91 Å². The molecule has 0 saturated carbocycles. The first-order valence-corrected chi connectivity index (χ1v) is 9.55. The highest BCUT2D eigenvalue weighted by atomic mass is 16.2. The predicted octanol–water partition coefficient (Wildman–Crippen LogP) is 5.97. The van der Waals surface area contributed by atoms with Crippen LogP contribution in [-0.4, -0.2) is 16.5 Å². The molecule has 1 aliphatic rings. The third-order valence-corrected chi connectivity index (χ3v) is 4.69. The van der Waals surface area contributed by atoms with Gasteiger partial charge in [-0.15, -0.1) is 0 Å². The van der Waals surface area contributed by atoms with Gasteiger partial charge in [-0.1, -0.05) is 64.8 Å². The quantitative estimate of drug-likeness (QED) is 0.620. The molecule has 3 heteroatoms. The first-order chi connectivity index (χ1) is 12.0. The Morgan fingerprint density at radius 2 is 1.84 bits per heavy atom. The van der Waals surface area contributed by atoms with Gasteiger partial charge in [0, 0.05) is 11.4 Å². The number of carbonyl (C=O) groups excluding carboxylic acids is 1. The van der Waals surface area contributed by atoms with Crippen molar-refractivity contribution in [2.24, 2.45) is 5.92 Å². The number of nitrogens with zero attached hydrogens (tertiary/aromatic N) is 1. The Bertz CT molecular complexity index is 652. The van der Waals surface area contributed by atoms with E-state index in [-0.39, 0.29) is 11.6 Å². The monoisotopic (exact) mass is 340 g/mol. The van der Waals surface area contributed by atoms with E-state index >= 15 is 0 Å². The van der Waals surface area contributed by atoms with Crippen molar-refractivity contribution in [2.45, 2.75) is 66.0 Å². The predicted molar refractivity (Wildman–Crippen MR) is 107 cm³/mol. The minimum atomic E-state index is -0.363. The molecule has 0 aromatic heterocycles. The van der Waals surface area contributed by atoms with E-state index in [9.17, 15) is 4.79 Å². The largest absolute Gasteiger partial charge is 0.362 e. The van der Waals surface area contributed by atoms with Gasteiger partial charge < -0.3 is 5.32 Å². The molecule has 0 unspecified atom stereocenters. The topological polar surface area (TPSA) is 32.3 Å². The van der Waals surface area contributed by atoms with Gasteiger partial charge in [0.1, 0.15) is 5.66 Å². The van der Waals surface area contributed by atoms with E-state index in [0.717, 1.165) is 42.6 Å².